The van der Waals surface area contributed by atoms with E-state index in [0.29, 0.717) is 50.3 Å². The quantitative estimate of drug-likeness (QED) is 0.712. The van der Waals surface area contributed by atoms with E-state index in [4.69, 9.17) is 11.0 Å². The monoisotopic (exact) mass is 488 g/mol. The number of carbonyl (C=O) groups excluding carboxylic acids is 2. The van der Waals surface area contributed by atoms with Gasteiger partial charge in [0.25, 0.3) is 5.91 Å². The molecule has 2 saturated heterocycles. The molecule has 1 spiro atoms. The van der Waals surface area contributed by atoms with Crippen LogP contribution in [0.25, 0.3) is 0 Å². The summed E-state index contributed by atoms with van der Waals surface area (Å²) in [4.78, 5) is 28.9. The summed E-state index contributed by atoms with van der Waals surface area (Å²) < 4.78 is 42.2. The van der Waals surface area contributed by atoms with E-state index in [1.807, 2.05) is 13.8 Å². The topological polar surface area (TPSA) is 108 Å². The summed E-state index contributed by atoms with van der Waals surface area (Å²) >= 11 is 0. The maximum atomic E-state index is 13.5. The molecular formula is C24H27F3N6O2. The molecule has 2 aliphatic heterocycles. The van der Waals surface area contributed by atoms with E-state index in [-0.39, 0.29) is 12.5 Å². The highest BCUT2D eigenvalue weighted by atomic mass is 19.4. The van der Waals surface area contributed by atoms with Crippen LogP contribution in [0.4, 0.5) is 18.9 Å². The molecule has 1 aromatic carbocycles. The summed E-state index contributed by atoms with van der Waals surface area (Å²) in [5.41, 5.74) is 5.36. The number of amides is 2. The van der Waals surface area contributed by atoms with Crippen LogP contribution in [0.15, 0.2) is 24.4 Å². The zero-order chi connectivity index (χ0) is 25.5. The third kappa shape index (κ3) is 4.33. The molecule has 186 valence electrons. The number of alkyl halides is 3. The summed E-state index contributed by atoms with van der Waals surface area (Å²) in [5, 5.41) is 13.3. The molecule has 8 nitrogen and oxygen atoms in total. The minimum Gasteiger partial charge on any atom is -0.370 e. The molecule has 2 aromatic rings. The van der Waals surface area contributed by atoms with Crippen molar-refractivity contribution in [2.24, 2.45) is 17.1 Å². The molecular weight excluding hydrogens is 461 g/mol. The van der Waals surface area contributed by atoms with Gasteiger partial charge in [-0.15, -0.1) is 0 Å². The molecule has 2 N–H and O–H groups in total. The Kier molecular flexibility index (Phi) is 6.25. The van der Waals surface area contributed by atoms with Crippen molar-refractivity contribution in [2.75, 3.05) is 31.1 Å². The fraction of sp³-hybridized carbons (Fsp3) is 0.500. The first kappa shape index (κ1) is 24.6. The molecule has 1 unspecified atom stereocenters. The molecule has 1 atom stereocenters. The van der Waals surface area contributed by atoms with Crippen LogP contribution in [0.2, 0.25) is 0 Å². The van der Waals surface area contributed by atoms with Crippen LogP contribution in [-0.4, -0.2) is 52.7 Å². The van der Waals surface area contributed by atoms with Crippen molar-refractivity contribution in [3.05, 3.63) is 46.8 Å². The number of nitrogens with two attached hydrogens (primary N) is 1. The number of nitriles is 1. The lowest BCUT2D eigenvalue weighted by molar-refractivity contribution is -0.137. The van der Waals surface area contributed by atoms with E-state index in [0.717, 1.165) is 17.8 Å². The number of benzene rings is 1. The smallest absolute Gasteiger partial charge is 0.370 e. The number of nitrogens with zero attached hydrogens (tertiary/aromatic N) is 5. The van der Waals surface area contributed by atoms with Gasteiger partial charge >= 0.3 is 6.18 Å². The van der Waals surface area contributed by atoms with Gasteiger partial charge in [0.15, 0.2) is 0 Å². The average molecular weight is 489 g/mol. The van der Waals surface area contributed by atoms with Gasteiger partial charge in [0.1, 0.15) is 0 Å². The highest BCUT2D eigenvalue weighted by molar-refractivity contribution is 5.95. The fourth-order valence-corrected chi connectivity index (χ4v) is 5.43. The molecule has 2 amide bonds. The van der Waals surface area contributed by atoms with Crippen LogP contribution in [0.3, 0.4) is 0 Å². The SMILES string of the molecule is CCn1ncc(C(=O)N2CCC3(CC2)CN(c2ccc(C#N)c(C(F)(F)F)c2)CC3C(N)=O)c1C. The number of carbonyl (C=O) groups is 2. The largest absolute Gasteiger partial charge is 0.417 e. The molecule has 4 rings (SSSR count). The summed E-state index contributed by atoms with van der Waals surface area (Å²) in [6.45, 7) is 5.81. The highest BCUT2D eigenvalue weighted by Gasteiger charge is 2.51. The summed E-state index contributed by atoms with van der Waals surface area (Å²) in [6.07, 6.45) is -2.09. The molecule has 35 heavy (non-hydrogen) atoms. The van der Waals surface area contributed by atoms with Gasteiger partial charge in [0.2, 0.25) is 5.91 Å². The zero-order valence-electron chi connectivity index (χ0n) is 19.6. The standard InChI is InChI=1S/C24H27F3N6O2/c1-3-33-15(2)18(12-30-33)22(35)31-8-6-23(7-9-31)14-32(13-20(23)21(29)34)17-5-4-16(11-28)19(10-17)24(25,26)27/h4-5,10,12,20H,3,6-9,13-14H2,1-2H3,(H2,29,34). The Balaban J connectivity index is 1.55. The zero-order valence-corrected chi connectivity index (χ0v) is 19.6. The number of hydrogen-bond donors (Lipinski definition) is 1. The summed E-state index contributed by atoms with van der Waals surface area (Å²) in [7, 11) is 0. The third-order valence-electron chi connectivity index (χ3n) is 7.47. The van der Waals surface area contributed by atoms with Gasteiger partial charge in [-0.3, -0.25) is 14.3 Å². The Bertz CT molecular complexity index is 1190. The van der Waals surface area contributed by atoms with E-state index in [1.54, 1.807) is 26.7 Å². The second kappa shape index (κ2) is 8.91. The van der Waals surface area contributed by atoms with Crippen LogP contribution in [0.5, 0.6) is 0 Å². The van der Waals surface area contributed by atoms with Gasteiger partial charge in [-0.2, -0.15) is 23.5 Å². The highest BCUT2D eigenvalue weighted by Crippen LogP contribution is 2.47. The van der Waals surface area contributed by atoms with Gasteiger partial charge in [-0.1, -0.05) is 0 Å². The number of aryl methyl sites for hydroxylation is 1. The van der Waals surface area contributed by atoms with Crippen molar-refractivity contribution >= 4 is 17.5 Å². The van der Waals surface area contributed by atoms with Crippen LogP contribution in [-0.2, 0) is 17.5 Å². The minimum absolute atomic E-state index is 0.121. The van der Waals surface area contributed by atoms with Crippen molar-refractivity contribution in [1.29, 1.82) is 5.26 Å². The van der Waals surface area contributed by atoms with Crippen molar-refractivity contribution in [3.63, 3.8) is 0 Å². The van der Waals surface area contributed by atoms with E-state index in [9.17, 15) is 22.8 Å². The second-order valence-electron chi connectivity index (χ2n) is 9.29. The van der Waals surface area contributed by atoms with Crippen molar-refractivity contribution < 1.29 is 22.8 Å². The molecule has 0 bridgehead atoms. The van der Waals surface area contributed by atoms with Crippen LogP contribution in [0.1, 0.15) is 46.9 Å². The molecule has 2 fully saturated rings. The number of primary amides is 1. The Hall–Kier alpha value is -3.55. The Morgan fingerprint density at radius 3 is 2.51 bits per heavy atom. The lowest BCUT2D eigenvalue weighted by atomic mass is 9.70. The van der Waals surface area contributed by atoms with E-state index in [2.05, 4.69) is 5.10 Å². The predicted molar refractivity (Wildman–Crippen MR) is 121 cm³/mol. The first-order valence-corrected chi connectivity index (χ1v) is 11.5. The average Bonchev–Trinajstić information content (AvgIpc) is 3.38. The van der Waals surface area contributed by atoms with Crippen molar-refractivity contribution in [3.8, 4) is 6.07 Å². The van der Waals surface area contributed by atoms with Gasteiger partial charge < -0.3 is 15.5 Å². The van der Waals surface area contributed by atoms with Crippen LogP contribution < -0.4 is 10.6 Å². The molecule has 1 aromatic heterocycles. The van der Waals surface area contributed by atoms with E-state index < -0.39 is 34.5 Å². The lowest BCUT2D eigenvalue weighted by Crippen LogP contribution is -2.49. The third-order valence-corrected chi connectivity index (χ3v) is 7.47. The minimum atomic E-state index is -4.67. The molecule has 3 heterocycles. The number of piperidine rings is 1. The van der Waals surface area contributed by atoms with E-state index >= 15 is 0 Å². The molecule has 2 aliphatic rings. The number of hydrogen-bond acceptors (Lipinski definition) is 5. The first-order chi connectivity index (χ1) is 16.5. The second-order valence-corrected chi connectivity index (χ2v) is 9.29. The Labute approximate surface area is 201 Å². The van der Waals surface area contributed by atoms with Crippen LogP contribution >= 0.6 is 0 Å². The normalized spacial score (nSPS) is 19.7. The molecule has 11 heteroatoms. The van der Waals surface area contributed by atoms with Gasteiger partial charge in [-0.05, 0) is 44.9 Å². The number of aromatic nitrogens is 2. The number of anilines is 1. The summed E-state index contributed by atoms with van der Waals surface area (Å²) in [5.74, 6) is -1.18. The number of likely N-dealkylation sites (tertiary alicyclic amines) is 1. The molecule has 0 aliphatic carbocycles. The Morgan fingerprint density at radius 1 is 1.29 bits per heavy atom. The number of rotatable bonds is 4. The lowest BCUT2D eigenvalue weighted by Gasteiger charge is -2.41. The van der Waals surface area contributed by atoms with Gasteiger partial charge in [-0.25, -0.2) is 0 Å². The van der Waals surface area contributed by atoms with E-state index in [1.165, 1.54) is 6.07 Å². The maximum absolute atomic E-state index is 13.5. The van der Waals surface area contributed by atoms with Gasteiger partial charge in [0, 0.05) is 49.5 Å². The molecule has 0 radical (unpaired) electrons. The van der Waals surface area contributed by atoms with Crippen molar-refractivity contribution in [1.82, 2.24) is 14.7 Å². The van der Waals surface area contributed by atoms with Gasteiger partial charge in [0.05, 0.1) is 34.9 Å². The van der Waals surface area contributed by atoms with Crippen LogP contribution in [0, 0.1) is 29.6 Å². The summed E-state index contributed by atoms with van der Waals surface area (Å²) in [6, 6.07) is 5.17. The fourth-order valence-electron chi connectivity index (χ4n) is 5.43. The van der Waals surface area contributed by atoms with Crippen molar-refractivity contribution in [2.45, 2.75) is 39.4 Å². The molecule has 0 saturated carbocycles. The number of halogens is 3. The maximum Gasteiger partial charge on any atom is 0.417 e. The predicted octanol–water partition coefficient (Wildman–Crippen LogP) is 2.95. The Morgan fingerprint density at radius 2 is 1.97 bits per heavy atom. The first-order valence-electron chi connectivity index (χ1n) is 11.5.